The zero-order chi connectivity index (χ0) is 15.7. The topological polar surface area (TPSA) is 66.4 Å². The van der Waals surface area contributed by atoms with Crippen LogP contribution in [-0.4, -0.2) is 28.8 Å². The summed E-state index contributed by atoms with van der Waals surface area (Å²) in [6, 6.07) is 7.17. The summed E-state index contributed by atoms with van der Waals surface area (Å²) in [5.41, 5.74) is 0. The summed E-state index contributed by atoms with van der Waals surface area (Å²) in [5, 5.41) is 12.3. The standard InChI is InChI=1S/C15H20ClNO3S/c1-2-3-12(10-15(19)20)17-14(18)8-9-21-13-6-4-11(16)5-7-13/h4-7,12H,2-3,8-10H2,1H3,(H,17,18)(H,19,20). The normalized spacial score (nSPS) is 11.9. The van der Waals surface area contributed by atoms with Crippen molar-refractivity contribution in [1.82, 2.24) is 5.32 Å². The van der Waals surface area contributed by atoms with Gasteiger partial charge in [-0.1, -0.05) is 24.9 Å². The van der Waals surface area contributed by atoms with Crippen LogP contribution >= 0.6 is 23.4 Å². The molecule has 0 fully saturated rings. The minimum absolute atomic E-state index is 0.0239. The average molecular weight is 330 g/mol. The number of benzene rings is 1. The Morgan fingerprint density at radius 1 is 1.33 bits per heavy atom. The summed E-state index contributed by atoms with van der Waals surface area (Å²) in [7, 11) is 0. The number of nitrogens with one attached hydrogen (secondary N) is 1. The predicted molar refractivity (Wildman–Crippen MR) is 85.9 cm³/mol. The molecular weight excluding hydrogens is 310 g/mol. The Labute approximate surface area is 134 Å². The van der Waals surface area contributed by atoms with E-state index >= 15 is 0 Å². The van der Waals surface area contributed by atoms with Crippen LogP contribution < -0.4 is 5.32 Å². The first-order valence-electron chi connectivity index (χ1n) is 6.90. The van der Waals surface area contributed by atoms with Crippen molar-refractivity contribution >= 4 is 35.2 Å². The number of carbonyl (C=O) groups excluding carboxylic acids is 1. The Balaban J connectivity index is 2.31. The molecule has 0 aliphatic carbocycles. The third-order valence-electron chi connectivity index (χ3n) is 2.83. The summed E-state index contributed by atoms with van der Waals surface area (Å²) in [5.74, 6) is -0.334. The number of amides is 1. The van der Waals surface area contributed by atoms with E-state index in [1.807, 2.05) is 31.2 Å². The van der Waals surface area contributed by atoms with Crippen LogP contribution in [0.3, 0.4) is 0 Å². The molecule has 1 unspecified atom stereocenters. The number of carboxylic acid groups (broad SMARTS) is 1. The van der Waals surface area contributed by atoms with Crippen molar-refractivity contribution in [1.29, 1.82) is 0 Å². The molecule has 0 spiro atoms. The summed E-state index contributed by atoms with van der Waals surface area (Å²) < 4.78 is 0. The van der Waals surface area contributed by atoms with Gasteiger partial charge in [0.1, 0.15) is 0 Å². The maximum Gasteiger partial charge on any atom is 0.305 e. The molecule has 6 heteroatoms. The number of halogens is 1. The smallest absolute Gasteiger partial charge is 0.305 e. The highest BCUT2D eigenvalue weighted by Gasteiger charge is 2.14. The molecule has 1 rings (SSSR count). The molecule has 1 aromatic rings. The number of carbonyl (C=O) groups is 2. The molecule has 0 bridgehead atoms. The molecule has 21 heavy (non-hydrogen) atoms. The van der Waals surface area contributed by atoms with E-state index in [1.165, 1.54) is 0 Å². The fourth-order valence-electron chi connectivity index (χ4n) is 1.88. The molecule has 0 heterocycles. The minimum atomic E-state index is -0.885. The van der Waals surface area contributed by atoms with Crippen molar-refractivity contribution in [3.05, 3.63) is 29.3 Å². The fourth-order valence-corrected chi connectivity index (χ4v) is 2.85. The first kappa shape index (κ1) is 17.9. The molecule has 116 valence electrons. The maximum absolute atomic E-state index is 11.8. The second kappa shape index (κ2) is 9.68. The van der Waals surface area contributed by atoms with Crippen LogP contribution in [0.1, 0.15) is 32.6 Å². The van der Waals surface area contributed by atoms with Crippen molar-refractivity contribution in [2.24, 2.45) is 0 Å². The number of thioether (sulfide) groups is 1. The molecule has 0 radical (unpaired) electrons. The third kappa shape index (κ3) is 7.97. The molecule has 0 aromatic heterocycles. The van der Waals surface area contributed by atoms with Crippen LogP contribution in [0, 0.1) is 0 Å². The van der Waals surface area contributed by atoms with Crippen LogP contribution in [0.15, 0.2) is 29.2 Å². The van der Waals surface area contributed by atoms with Crippen LogP contribution in [0.2, 0.25) is 5.02 Å². The minimum Gasteiger partial charge on any atom is -0.481 e. The summed E-state index contributed by atoms with van der Waals surface area (Å²) in [6.07, 6.45) is 1.87. The first-order chi connectivity index (χ1) is 10.0. The van der Waals surface area contributed by atoms with Crippen LogP contribution in [0.5, 0.6) is 0 Å². The maximum atomic E-state index is 11.8. The van der Waals surface area contributed by atoms with E-state index < -0.39 is 5.97 Å². The quantitative estimate of drug-likeness (QED) is 0.679. The predicted octanol–water partition coefficient (Wildman–Crippen LogP) is 3.58. The van der Waals surface area contributed by atoms with Crippen molar-refractivity contribution < 1.29 is 14.7 Å². The second-order valence-corrected chi connectivity index (χ2v) is 6.31. The molecule has 4 nitrogen and oxygen atoms in total. The number of aliphatic carboxylic acids is 1. The lowest BCUT2D eigenvalue weighted by atomic mass is 10.1. The van der Waals surface area contributed by atoms with E-state index in [-0.39, 0.29) is 18.4 Å². The third-order valence-corrected chi connectivity index (χ3v) is 4.10. The Kier molecular flexibility index (Phi) is 8.23. The highest BCUT2D eigenvalue weighted by Crippen LogP contribution is 2.20. The number of hydrogen-bond donors (Lipinski definition) is 2. The van der Waals surface area contributed by atoms with E-state index in [0.29, 0.717) is 23.6 Å². The Morgan fingerprint density at radius 2 is 2.00 bits per heavy atom. The van der Waals surface area contributed by atoms with Gasteiger partial charge in [-0.05, 0) is 30.7 Å². The lowest BCUT2D eigenvalue weighted by Gasteiger charge is -2.15. The monoisotopic (exact) mass is 329 g/mol. The van der Waals surface area contributed by atoms with E-state index in [9.17, 15) is 9.59 Å². The van der Waals surface area contributed by atoms with Crippen molar-refractivity contribution in [3.8, 4) is 0 Å². The van der Waals surface area contributed by atoms with Gasteiger partial charge in [0, 0.05) is 28.1 Å². The number of carboxylic acids is 1. The van der Waals surface area contributed by atoms with Gasteiger partial charge in [-0.15, -0.1) is 11.8 Å². The molecule has 0 saturated carbocycles. The lowest BCUT2D eigenvalue weighted by molar-refractivity contribution is -0.137. The van der Waals surface area contributed by atoms with Gasteiger partial charge in [-0.25, -0.2) is 0 Å². The molecule has 0 saturated heterocycles. The van der Waals surface area contributed by atoms with Crippen molar-refractivity contribution in [2.75, 3.05) is 5.75 Å². The van der Waals surface area contributed by atoms with Crippen LogP contribution in [0.4, 0.5) is 0 Å². The van der Waals surface area contributed by atoms with Gasteiger partial charge in [0.25, 0.3) is 0 Å². The van der Waals surface area contributed by atoms with E-state index in [1.54, 1.807) is 11.8 Å². The van der Waals surface area contributed by atoms with Crippen LogP contribution in [-0.2, 0) is 9.59 Å². The average Bonchev–Trinajstić information content (AvgIpc) is 2.40. The SMILES string of the molecule is CCCC(CC(=O)O)NC(=O)CCSc1ccc(Cl)cc1. The highest BCUT2D eigenvalue weighted by atomic mass is 35.5. The molecular formula is C15H20ClNO3S. The Bertz CT molecular complexity index is 464. The molecule has 1 amide bonds. The second-order valence-electron chi connectivity index (χ2n) is 4.70. The summed E-state index contributed by atoms with van der Waals surface area (Å²) in [6.45, 7) is 1.97. The van der Waals surface area contributed by atoms with Gasteiger partial charge in [0.2, 0.25) is 5.91 Å². The summed E-state index contributed by atoms with van der Waals surface area (Å²) in [4.78, 5) is 23.6. The summed E-state index contributed by atoms with van der Waals surface area (Å²) >= 11 is 7.38. The highest BCUT2D eigenvalue weighted by molar-refractivity contribution is 7.99. The number of rotatable bonds is 9. The van der Waals surface area contributed by atoms with Gasteiger partial charge >= 0.3 is 5.97 Å². The Hall–Kier alpha value is -1.20. The van der Waals surface area contributed by atoms with E-state index in [0.717, 1.165) is 11.3 Å². The molecule has 1 atom stereocenters. The molecule has 0 aliphatic rings. The molecule has 0 aliphatic heterocycles. The Morgan fingerprint density at radius 3 is 2.57 bits per heavy atom. The van der Waals surface area contributed by atoms with Gasteiger partial charge < -0.3 is 10.4 Å². The first-order valence-corrected chi connectivity index (χ1v) is 8.27. The molecule has 1 aromatic carbocycles. The van der Waals surface area contributed by atoms with Gasteiger partial charge in [0.15, 0.2) is 0 Å². The zero-order valence-corrected chi connectivity index (χ0v) is 13.5. The molecule has 2 N–H and O–H groups in total. The fraction of sp³-hybridized carbons (Fsp3) is 0.467. The van der Waals surface area contributed by atoms with E-state index in [2.05, 4.69) is 5.32 Å². The van der Waals surface area contributed by atoms with Crippen molar-refractivity contribution in [3.63, 3.8) is 0 Å². The lowest BCUT2D eigenvalue weighted by Crippen LogP contribution is -2.36. The number of hydrogen-bond acceptors (Lipinski definition) is 3. The zero-order valence-electron chi connectivity index (χ0n) is 12.0. The van der Waals surface area contributed by atoms with Gasteiger partial charge in [0.05, 0.1) is 6.42 Å². The van der Waals surface area contributed by atoms with Gasteiger partial charge in [-0.2, -0.15) is 0 Å². The van der Waals surface area contributed by atoms with Crippen LogP contribution in [0.25, 0.3) is 0 Å². The van der Waals surface area contributed by atoms with Gasteiger partial charge in [-0.3, -0.25) is 9.59 Å². The van der Waals surface area contributed by atoms with Crippen molar-refractivity contribution in [2.45, 2.75) is 43.5 Å². The van der Waals surface area contributed by atoms with E-state index in [4.69, 9.17) is 16.7 Å². The largest absolute Gasteiger partial charge is 0.481 e.